The molecule has 1 aromatic heterocycles. The van der Waals surface area contributed by atoms with Crippen molar-refractivity contribution in [2.75, 3.05) is 19.8 Å². The Morgan fingerprint density at radius 2 is 1.71 bits per heavy atom. The number of likely N-dealkylation sites (N-methyl/N-ethyl adjacent to an activating group) is 1. The van der Waals surface area contributed by atoms with Crippen LogP contribution in [0.5, 0.6) is 0 Å². The maximum atomic E-state index is 12.7. The van der Waals surface area contributed by atoms with Crippen LogP contribution in [-0.2, 0) is 27.9 Å². The Hall–Kier alpha value is -2.75. The van der Waals surface area contributed by atoms with Crippen molar-refractivity contribution in [3.8, 4) is 11.4 Å². The van der Waals surface area contributed by atoms with E-state index in [0.29, 0.717) is 10.8 Å². The third-order valence-electron chi connectivity index (χ3n) is 4.63. The van der Waals surface area contributed by atoms with Crippen LogP contribution in [0.4, 0.5) is 0 Å². The first-order valence-electron chi connectivity index (χ1n) is 9.45. The van der Waals surface area contributed by atoms with Gasteiger partial charge in [-0.25, -0.2) is 8.42 Å². The lowest BCUT2D eigenvalue weighted by molar-refractivity contribution is -0.131. The molecule has 0 fully saturated rings. The summed E-state index contributed by atoms with van der Waals surface area (Å²) in [5.74, 6) is 0.235. The van der Waals surface area contributed by atoms with Gasteiger partial charge < -0.3 is 9.42 Å². The van der Waals surface area contributed by atoms with Crippen LogP contribution in [0.1, 0.15) is 17.0 Å². The summed E-state index contributed by atoms with van der Waals surface area (Å²) >= 11 is 5.88. The second-order valence-electron chi connectivity index (χ2n) is 7.29. The highest BCUT2D eigenvalue weighted by atomic mass is 35.5. The van der Waals surface area contributed by atoms with Crippen molar-refractivity contribution in [2.24, 2.45) is 0 Å². The fraction of sp³-hybridized carbons (Fsp3) is 0.286. The predicted molar refractivity (Wildman–Crippen MR) is 118 cm³/mol. The van der Waals surface area contributed by atoms with Crippen LogP contribution in [-0.4, -0.2) is 53.5 Å². The summed E-state index contributed by atoms with van der Waals surface area (Å²) in [4.78, 5) is 18.3. The first-order valence-corrected chi connectivity index (χ1v) is 11.7. The molecule has 0 spiro atoms. The van der Waals surface area contributed by atoms with Crippen LogP contribution >= 0.6 is 11.6 Å². The molecule has 0 bridgehead atoms. The van der Waals surface area contributed by atoms with E-state index in [-0.39, 0.29) is 31.4 Å². The van der Waals surface area contributed by atoms with Gasteiger partial charge >= 0.3 is 0 Å². The van der Waals surface area contributed by atoms with Gasteiger partial charge in [0.05, 0.1) is 19.3 Å². The molecule has 8 nitrogen and oxygen atoms in total. The van der Waals surface area contributed by atoms with Crippen molar-refractivity contribution >= 4 is 27.5 Å². The molecule has 0 atom stereocenters. The van der Waals surface area contributed by atoms with Gasteiger partial charge in [-0.1, -0.05) is 46.6 Å². The summed E-state index contributed by atoms with van der Waals surface area (Å²) in [6.07, 6.45) is 1.09. The molecule has 1 amide bonds. The minimum absolute atomic E-state index is 0.0571. The highest BCUT2D eigenvalue weighted by molar-refractivity contribution is 7.88. The van der Waals surface area contributed by atoms with E-state index in [1.54, 1.807) is 31.3 Å². The molecule has 1 heterocycles. The number of sulfonamides is 1. The maximum Gasteiger partial charge on any atom is 0.246 e. The van der Waals surface area contributed by atoms with Gasteiger partial charge in [-0.05, 0) is 36.8 Å². The zero-order valence-electron chi connectivity index (χ0n) is 17.4. The highest BCUT2D eigenvalue weighted by Crippen LogP contribution is 2.19. The molecular weight excluding hydrogens is 440 g/mol. The Morgan fingerprint density at radius 1 is 1.06 bits per heavy atom. The summed E-state index contributed by atoms with van der Waals surface area (Å²) < 4.78 is 30.8. The number of rotatable bonds is 8. The Morgan fingerprint density at radius 3 is 2.32 bits per heavy atom. The second kappa shape index (κ2) is 9.59. The topological polar surface area (TPSA) is 96.6 Å². The number of carbonyl (C=O) groups excluding carboxylic acids is 1. The van der Waals surface area contributed by atoms with E-state index < -0.39 is 10.0 Å². The zero-order valence-corrected chi connectivity index (χ0v) is 19.0. The molecule has 10 heteroatoms. The van der Waals surface area contributed by atoms with Crippen molar-refractivity contribution < 1.29 is 17.7 Å². The molecule has 2 aromatic carbocycles. The fourth-order valence-corrected chi connectivity index (χ4v) is 3.64. The van der Waals surface area contributed by atoms with Crippen molar-refractivity contribution in [2.45, 2.75) is 20.0 Å². The average molecular weight is 463 g/mol. The normalized spacial score (nSPS) is 11.6. The number of amides is 1. The smallest absolute Gasteiger partial charge is 0.246 e. The predicted octanol–water partition coefficient (Wildman–Crippen LogP) is 3.12. The summed E-state index contributed by atoms with van der Waals surface area (Å²) in [6.45, 7) is 1.83. The van der Waals surface area contributed by atoms with E-state index in [0.717, 1.165) is 27.3 Å². The van der Waals surface area contributed by atoms with Gasteiger partial charge in [0.25, 0.3) is 0 Å². The molecule has 31 heavy (non-hydrogen) atoms. The van der Waals surface area contributed by atoms with Crippen LogP contribution < -0.4 is 0 Å². The molecule has 0 aliphatic carbocycles. The van der Waals surface area contributed by atoms with Crippen LogP contribution in [0.3, 0.4) is 0 Å². The molecule has 0 saturated carbocycles. The van der Waals surface area contributed by atoms with E-state index in [4.69, 9.17) is 16.1 Å². The van der Waals surface area contributed by atoms with E-state index in [1.807, 2.05) is 31.2 Å². The third kappa shape index (κ3) is 6.36. The Kier molecular flexibility index (Phi) is 7.09. The summed E-state index contributed by atoms with van der Waals surface area (Å²) in [6, 6.07) is 14.5. The van der Waals surface area contributed by atoms with Gasteiger partial charge in [-0.2, -0.15) is 9.29 Å². The summed E-state index contributed by atoms with van der Waals surface area (Å²) in [5, 5.41) is 4.51. The Balaban J connectivity index is 1.65. The molecule has 0 radical (unpaired) electrons. The lowest BCUT2D eigenvalue weighted by Crippen LogP contribution is -2.40. The number of aryl methyl sites for hydroxylation is 1. The van der Waals surface area contributed by atoms with Gasteiger partial charge in [-0.3, -0.25) is 4.79 Å². The first-order chi connectivity index (χ1) is 14.6. The summed E-state index contributed by atoms with van der Waals surface area (Å²) in [7, 11) is -2.03. The van der Waals surface area contributed by atoms with Crippen molar-refractivity contribution in [1.82, 2.24) is 19.3 Å². The first kappa shape index (κ1) is 22.9. The van der Waals surface area contributed by atoms with Crippen molar-refractivity contribution in [1.29, 1.82) is 0 Å². The number of aromatic nitrogens is 2. The minimum Gasteiger partial charge on any atom is -0.337 e. The lowest BCUT2D eigenvalue weighted by atomic mass is 10.1. The lowest BCUT2D eigenvalue weighted by Gasteiger charge is -2.23. The molecule has 0 aliphatic rings. The molecule has 0 aliphatic heterocycles. The van der Waals surface area contributed by atoms with Gasteiger partial charge in [0, 0.05) is 24.2 Å². The molecule has 3 aromatic rings. The van der Waals surface area contributed by atoms with Gasteiger partial charge in [0.15, 0.2) is 0 Å². The quantitative estimate of drug-likeness (QED) is 0.510. The number of benzene rings is 2. The number of hydrogen-bond acceptors (Lipinski definition) is 6. The zero-order chi connectivity index (χ0) is 22.6. The van der Waals surface area contributed by atoms with Crippen LogP contribution in [0.2, 0.25) is 5.02 Å². The van der Waals surface area contributed by atoms with E-state index in [9.17, 15) is 13.2 Å². The van der Waals surface area contributed by atoms with Gasteiger partial charge in [0.1, 0.15) is 0 Å². The van der Waals surface area contributed by atoms with E-state index in [1.165, 1.54) is 4.90 Å². The highest BCUT2D eigenvalue weighted by Gasteiger charge is 2.23. The number of nitrogens with zero attached hydrogens (tertiary/aromatic N) is 4. The second-order valence-corrected chi connectivity index (χ2v) is 9.70. The van der Waals surface area contributed by atoms with Crippen molar-refractivity contribution in [3.05, 3.63) is 70.6 Å². The van der Waals surface area contributed by atoms with Crippen LogP contribution in [0.25, 0.3) is 11.4 Å². The molecule has 0 saturated heterocycles. The Bertz CT molecular complexity index is 1140. The average Bonchev–Trinajstić information content (AvgIpc) is 3.17. The van der Waals surface area contributed by atoms with Crippen LogP contribution in [0, 0.1) is 6.92 Å². The largest absolute Gasteiger partial charge is 0.337 e. The molecule has 3 rings (SSSR count). The molecule has 0 unspecified atom stereocenters. The molecule has 0 N–H and O–H groups in total. The standard InChI is InChI=1S/C21H23ClN4O4S/c1-15-4-6-16(7-5-15)12-26(31(3,28)29)14-20(27)25(2)13-19-23-21(24-30-19)17-8-10-18(22)11-9-17/h4-11H,12-14H2,1-3H3. The van der Waals surface area contributed by atoms with Gasteiger partial charge in [0.2, 0.25) is 27.6 Å². The maximum absolute atomic E-state index is 12.7. The fourth-order valence-electron chi connectivity index (χ4n) is 2.79. The number of carbonyl (C=O) groups is 1. The Labute approximate surface area is 186 Å². The SMILES string of the molecule is Cc1ccc(CN(CC(=O)N(C)Cc2nc(-c3ccc(Cl)cc3)no2)S(C)(=O)=O)cc1. The molecule has 164 valence electrons. The summed E-state index contributed by atoms with van der Waals surface area (Å²) in [5.41, 5.74) is 2.61. The van der Waals surface area contributed by atoms with Gasteiger partial charge in [-0.15, -0.1) is 0 Å². The number of hydrogen-bond donors (Lipinski definition) is 0. The monoisotopic (exact) mass is 462 g/mol. The molecular formula is C21H23ClN4O4S. The van der Waals surface area contributed by atoms with Crippen LogP contribution in [0.15, 0.2) is 53.1 Å². The minimum atomic E-state index is -3.59. The van der Waals surface area contributed by atoms with E-state index >= 15 is 0 Å². The van der Waals surface area contributed by atoms with Crippen molar-refractivity contribution in [3.63, 3.8) is 0 Å². The third-order valence-corrected chi connectivity index (χ3v) is 6.08. The van der Waals surface area contributed by atoms with E-state index in [2.05, 4.69) is 10.1 Å². The number of halogens is 1.